The minimum atomic E-state index is 0.841. The van der Waals surface area contributed by atoms with E-state index < -0.39 is 0 Å². The summed E-state index contributed by atoms with van der Waals surface area (Å²) in [7, 11) is 0. The molecule has 3 unspecified atom stereocenters. The van der Waals surface area contributed by atoms with E-state index in [-0.39, 0.29) is 0 Å². The molecular weight excluding hydrogens is 168 g/mol. The molecule has 0 heteroatoms. The summed E-state index contributed by atoms with van der Waals surface area (Å²) in [5, 5.41) is 0. The van der Waals surface area contributed by atoms with E-state index in [9.17, 15) is 0 Å². The van der Waals surface area contributed by atoms with Gasteiger partial charge in [-0.2, -0.15) is 0 Å². The highest BCUT2D eigenvalue weighted by Crippen LogP contribution is 2.42. The molecule has 2 aliphatic rings. The topological polar surface area (TPSA) is 0 Å². The van der Waals surface area contributed by atoms with Crippen molar-refractivity contribution in [1.82, 2.24) is 0 Å². The largest absolute Gasteiger partial charge is 0.0806 e. The van der Waals surface area contributed by atoms with Gasteiger partial charge in [0, 0.05) is 0 Å². The van der Waals surface area contributed by atoms with Crippen LogP contribution in [0, 0.1) is 23.7 Å². The van der Waals surface area contributed by atoms with E-state index in [4.69, 9.17) is 0 Å². The van der Waals surface area contributed by atoms with Gasteiger partial charge in [-0.1, -0.05) is 44.1 Å². The number of hydrogen-bond acceptors (Lipinski definition) is 0. The van der Waals surface area contributed by atoms with E-state index >= 15 is 0 Å². The van der Waals surface area contributed by atoms with Gasteiger partial charge in [0.05, 0.1) is 0 Å². The van der Waals surface area contributed by atoms with E-state index in [2.05, 4.69) is 39.0 Å². The molecular formula is C14H22. The third kappa shape index (κ3) is 1.80. The number of allylic oxidation sites excluding steroid dienone is 4. The SMILES string of the molecule is CC1=CC2C(C=C1)CCCC2C(C)C. The first-order valence-electron chi connectivity index (χ1n) is 6.05. The molecule has 0 N–H and O–H groups in total. The van der Waals surface area contributed by atoms with Crippen LogP contribution in [0.25, 0.3) is 0 Å². The van der Waals surface area contributed by atoms with Crippen LogP contribution >= 0.6 is 0 Å². The molecule has 0 aliphatic heterocycles. The standard InChI is InChI=1S/C14H22/c1-10(2)13-6-4-5-12-8-7-11(3)9-14(12)13/h7-10,12-14H,4-6H2,1-3H3. The molecule has 3 atom stereocenters. The maximum absolute atomic E-state index is 2.52. The van der Waals surface area contributed by atoms with Gasteiger partial charge in [-0.15, -0.1) is 0 Å². The summed E-state index contributed by atoms with van der Waals surface area (Å²) in [6, 6.07) is 0. The van der Waals surface area contributed by atoms with Crippen molar-refractivity contribution in [3.63, 3.8) is 0 Å². The Morgan fingerprint density at radius 1 is 1.29 bits per heavy atom. The zero-order valence-corrected chi connectivity index (χ0v) is 9.66. The molecule has 0 aromatic carbocycles. The molecule has 1 fully saturated rings. The first kappa shape index (κ1) is 10.0. The van der Waals surface area contributed by atoms with Crippen LogP contribution in [0.3, 0.4) is 0 Å². The van der Waals surface area contributed by atoms with Gasteiger partial charge in [-0.25, -0.2) is 0 Å². The smallest absolute Gasteiger partial charge is 0.0134 e. The van der Waals surface area contributed by atoms with Crippen molar-refractivity contribution in [1.29, 1.82) is 0 Å². The molecule has 0 bridgehead atoms. The Morgan fingerprint density at radius 3 is 2.79 bits per heavy atom. The van der Waals surface area contributed by atoms with E-state index in [1.165, 1.54) is 24.8 Å². The number of hydrogen-bond donors (Lipinski definition) is 0. The summed E-state index contributed by atoms with van der Waals surface area (Å²) in [4.78, 5) is 0. The van der Waals surface area contributed by atoms with Gasteiger partial charge in [0.15, 0.2) is 0 Å². The average Bonchev–Trinajstić information content (AvgIpc) is 2.16. The van der Waals surface area contributed by atoms with Crippen LogP contribution < -0.4 is 0 Å². The summed E-state index contributed by atoms with van der Waals surface area (Å²) in [5.74, 6) is 3.46. The summed E-state index contributed by atoms with van der Waals surface area (Å²) < 4.78 is 0. The van der Waals surface area contributed by atoms with Crippen LogP contribution in [0.2, 0.25) is 0 Å². The molecule has 0 aromatic heterocycles. The van der Waals surface area contributed by atoms with Crippen molar-refractivity contribution in [2.24, 2.45) is 23.7 Å². The summed E-state index contributed by atoms with van der Waals surface area (Å²) in [6.45, 7) is 7.00. The summed E-state index contributed by atoms with van der Waals surface area (Å²) in [6.07, 6.45) is 11.6. The lowest BCUT2D eigenvalue weighted by Crippen LogP contribution is -2.30. The highest BCUT2D eigenvalue weighted by molar-refractivity contribution is 5.24. The Hall–Kier alpha value is -0.520. The lowest BCUT2D eigenvalue weighted by atomic mass is 9.66. The quantitative estimate of drug-likeness (QED) is 0.581. The van der Waals surface area contributed by atoms with Gasteiger partial charge in [0.25, 0.3) is 0 Å². The van der Waals surface area contributed by atoms with E-state index in [1.807, 2.05) is 0 Å². The monoisotopic (exact) mass is 190 g/mol. The van der Waals surface area contributed by atoms with Crippen molar-refractivity contribution in [3.05, 3.63) is 23.8 Å². The van der Waals surface area contributed by atoms with Crippen LogP contribution in [0.5, 0.6) is 0 Å². The van der Waals surface area contributed by atoms with Crippen LogP contribution in [0.15, 0.2) is 23.8 Å². The molecule has 0 saturated heterocycles. The first-order chi connectivity index (χ1) is 6.68. The predicted molar refractivity (Wildman–Crippen MR) is 62.1 cm³/mol. The molecule has 1 saturated carbocycles. The molecule has 14 heavy (non-hydrogen) atoms. The van der Waals surface area contributed by atoms with E-state index in [0.717, 1.165) is 23.7 Å². The maximum Gasteiger partial charge on any atom is -0.0134 e. The highest BCUT2D eigenvalue weighted by Gasteiger charge is 2.33. The molecule has 0 heterocycles. The molecule has 0 spiro atoms. The number of fused-ring (bicyclic) bond motifs is 1. The molecule has 2 rings (SSSR count). The molecule has 0 aromatic rings. The molecule has 0 nitrogen and oxygen atoms in total. The maximum atomic E-state index is 2.52. The Labute approximate surface area is 88.1 Å². The van der Waals surface area contributed by atoms with Crippen molar-refractivity contribution in [2.45, 2.75) is 40.0 Å². The van der Waals surface area contributed by atoms with E-state index in [0.29, 0.717) is 0 Å². The highest BCUT2D eigenvalue weighted by atomic mass is 14.4. The van der Waals surface area contributed by atoms with Gasteiger partial charge in [-0.3, -0.25) is 0 Å². The fourth-order valence-electron chi connectivity index (χ4n) is 3.18. The van der Waals surface area contributed by atoms with Gasteiger partial charge in [0.1, 0.15) is 0 Å². The first-order valence-corrected chi connectivity index (χ1v) is 6.05. The fraction of sp³-hybridized carbons (Fsp3) is 0.714. The Morgan fingerprint density at radius 2 is 2.07 bits per heavy atom. The Bertz CT molecular complexity index is 257. The van der Waals surface area contributed by atoms with Gasteiger partial charge < -0.3 is 0 Å². The zero-order chi connectivity index (χ0) is 10.1. The fourth-order valence-corrected chi connectivity index (χ4v) is 3.18. The Kier molecular flexibility index (Phi) is 2.80. The van der Waals surface area contributed by atoms with Crippen LogP contribution in [0.1, 0.15) is 40.0 Å². The molecule has 78 valence electrons. The summed E-state index contributed by atoms with van der Waals surface area (Å²) >= 11 is 0. The summed E-state index contributed by atoms with van der Waals surface area (Å²) in [5.41, 5.74) is 1.47. The van der Waals surface area contributed by atoms with E-state index in [1.54, 1.807) is 0 Å². The predicted octanol–water partition coefficient (Wildman–Crippen LogP) is 4.19. The zero-order valence-electron chi connectivity index (χ0n) is 9.66. The normalized spacial score (nSPS) is 36.9. The third-order valence-electron chi connectivity index (χ3n) is 3.98. The van der Waals surface area contributed by atoms with Crippen LogP contribution in [-0.4, -0.2) is 0 Å². The second-order valence-electron chi connectivity index (χ2n) is 5.35. The Balaban J connectivity index is 2.18. The number of rotatable bonds is 1. The minimum absolute atomic E-state index is 0.841. The van der Waals surface area contributed by atoms with Crippen LogP contribution in [-0.2, 0) is 0 Å². The molecule has 0 amide bonds. The second kappa shape index (κ2) is 3.92. The van der Waals surface area contributed by atoms with Crippen molar-refractivity contribution in [3.8, 4) is 0 Å². The minimum Gasteiger partial charge on any atom is -0.0806 e. The molecule has 0 radical (unpaired) electrons. The van der Waals surface area contributed by atoms with Crippen molar-refractivity contribution in [2.75, 3.05) is 0 Å². The molecule has 2 aliphatic carbocycles. The second-order valence-corrected chi connectivity index (χ2v) is 5.35. The average molecular weight is 190 g/mol. The van der Waals surface area contributed by atoms with Gasteiger partial charge in [0.2, 0.25) is 0 Å². The van der Waals surface area contributed by atoms with Crippen LogP contribution in [0.4, 0.5) is 0 Å². The van der Waals surface area contributed by atoms with Gasteiger partial charge >= 0.3 is 0 Å². The lowest BCUT2D eigenvalue weighted by Gasteiger charge is -2.39. The third-order valence-corrected chi connectivity index (χ3v) is 3.98. The van der Waals surface area contributed by atoms with Gasteiger partial charge in [-0.05, 0) is 43.4 Å². The van der Waals surface area contributed by atoms with Crippen molar-refractivity contribution < 1.29 is 0 Å². The lowest BCUT2D eigenvalue weighted by molar-refractivity contribution is 0.175. The van der Waals surface area contributed by atoms with Crippen molar-refractivity contribution >= 4 is 0 Å².